The number of benzene rings is 4. The van der Waals surface area contributed by atoms with Crippen molar-refractivity contribution in [2.75, 3.05) is 5.01 Å². The Kier molecular flexibility index (Phi) is 6.08. The van der Waals surface area contributed by atoms with Crippen LogP contribution in [0, 0.1) is 0 Å². The van der Waals surface area contributed by atoms with Gasteiger partial charge in [-0.05, 0) is 35.9 Å². The Balaban J connectivity index is 1.65. The summed E-state index contributed by atoms with van der Waals surface area (Å²) in [4.78, 5) is 0. The molecule has 5 rings (SSSR count). The van der Waals surface area contributed by atoms with Crippen molar-refractivity contribution >= 4 is 29.5 Å². The van der Waals surface area contributed by atoms with Crippen LogP contribution in [0.25, 0.3) is 6.08 Å². The Morgan fingerprint density at radius 3 is 2.03 bits per heavy atom. The number of hydrogen-bond donors (Lipinski definition) is 1. The highest BCUT2D eigenvalue weighted by atomic mass is 16.3. The highest BCUT2D eigenvalue weighted by Crippen LogP contribution is 2.29. The molecule has 1 N–H and O–H groups in total. The Hall–Kier alpha value is -4.77. The van der Waals surface area contributed by atoms with Crippen LogP contribution in [-0.4, -0.2) is 22.9 Å². The summed E-state index contributed by atoms with van der Waals surface area (Å²) in [6.45, 7) is 0. The topological polar surface area (TPSA) is 60.6 Å². The molecule has 164 valence electrons. The molecule has 1 aliphatic heterocycles. The van der Waals surface area contributed by atoms with Gasteiger partial charge in [-0.25, -0.2) is 5.01 Å². The zero-order valence-electron chi connectivity index (χ0n) is 18.4. The van der Waals surface area contributed by atoms with Gasteiger partial charge >= 0.3 is 0 Å². The molecule has 0 bridgehead atoms. The Morgan fingerprint density at radius 2 is 1.32 bits per heavy atom. The fraction of sp³-hybridized carbons (Fsp3) is 0. The van der Waals surface area contributed by atoms with Crippen LogP contribution >= 0.6 is 0 Å². The van der Waals surface area contributed by atoms with Gasteiger partial charge in [-0.3, -0.25) is 0 Å². The van der Waals surface area contributed by atoms with E-state index < -0.39 is 0 Å². The summed E-state index contributed by atoms with van der Waals surface area (Å²) in [7, 11) is 0. The number of amidine groups is 1. The van der Waals surface area contributed by atoms with Crippen LogP contribution in [-0.2, 0) is 0 Å². The van der Waals surface area contributed by atoms with E-state index in [-0.39, 0.29) is 5.75 Å². The smallest absolute Gasteiger partial charge is 0.185 e. The predicted molar refractivity (Wildman–Crippen MR) is 139 cm³/mol. The minimum absolute atomic E-state index is 0.152. The fourth-order valence-corrected chi connectivity index (χ4v) is 3.67. The predicted octanol–water partition coefficient (Wildman–Crippen LogP) is 6.13. The van der Waals surface area contributed by atoms with E-state index in [1.807, 2.05) is 97.1 Å². The summed E-state index contributed by atoms with van der Waals surface area (Å²) in [5, 5.41) is 25.8. The van der Waals surface area contributed by atoms with Crippen LogP contribution in [0.5, 0.6) is 5.75 Å². The maximum Gasteiger partial charge on any atom is 0.185 e. The molecule has 0 fully saturated rings. The average molecular weight is 443 g/mol. The fourth-order valence-electron chi connectivity index (χ4n) is 3.67. The van der Waals surface area contributed by atoms with Crippen LogP contribution in [0.2, 0.25) is 0 Å². The van der Waals surface area contributed by atoms with Gasteiger partial charge in [-0.15, -0.1) is 5.10 Å². The van der Waals surface area contributed by atoms with E-state index in [4.69, 9.17) is 5.10 Å². The van der Waals surface area contributed by atoms with E-state index in [1.165, 1.54) is 0 Å². The molecule has 4 aromatic carbocycles. The maximum absolute atomic E-state index is 10.1. The van der Waals surface area contributed by atoms with Crippen molar-refractivity contribution in [1.82, 2.24) is 0 Å². The van der Waals surface area contributed by atoms with Crippen LogP contribution in [0.1, 0.15) is 16.7 Å². The van der Waals surface area contributed by atoms with Crippen molar-refractivity contribution < 1.29 is 5.11 Å². The van der Waals surface area contributed by atoms with Crippen LogP contribution in [0.4, 0.5) is 5.69 Å². The molecule has 0 aliphatic carbocycles. The van der Waals surface area contributed by atoms with E-state index in [0.717, 1.165) is 28.1 Å². The third-order valence-electron chi connectivity index (χ3n) is 5.34. The first-order chi connectivity index (χ1) is 16.8. The van der Waals surface area contributed by atoms with Crippen molar-refractivity contribution in [2.24, 2.45) is 15.3 Å². The van der Waals surface area contributed by atoms with E-state index in [0.29, 0.717) is 11.4 Å². The van der Waals surface area contributed by atoms with Crippen molar-refractivity contribution in [2.45, 2.75) is 0 Å². The molecule has 0 saturated carbocycles. The van der Waals surface area contributed by atoms with Gasteiger partial charge in [0, 0.05) is 16.7 Å². The minimum atomic E-state index is 0.152. The Morgan fingerprint density at radius 1 is 0.706 bits per heavy atom. The number of hydrazone groups is 1. The van der Waals surface area contributed by atoms with Gasteiger partial charge in [0.2, 0.25) is 0 Å². The molecule has 0 saturated heterocycles. The highest BCUT2D eigenvalue weighted by Gasteiger charge is 2.30. The number of phenolic OH excluding ortho intramolecular Hbond substituents is 1. The maximum atomic E-state index is 10.1. The summed E-state index contributed by atoms with van der Waals surface area (Å²) >= 11 is 0. The second-order valence-corrected chi connectivity index (χ2v) is 7.66. The zero-order chi connectivity index (χ0) is 23.2. The molecular weight excluding hydrogens is 420 g/mol. The van der Waals surface area contributed by atoms with Crippen molar-refractivity contribution in [3.8, 4) is 5.75 Å². The zero-order valence-corrected chi connectivity index (χ0v) is 18.4. The summed E-state index contributed by atoms with van der Waals surface area (Å²) in [6, 6.07) is 37.0. The molecule has 0 unspecified atom stereocenters. The third-order valence-corrected chi connectivity index (χ3v) is 5.34. The van der Waals surface area contributed by atoms with Gasteiger partial charge in [0.15, 0.2) is 5.84 Å². The normalized spacial score (nSPS) is 15.9. The van der Waals surface area contributed by atoms with Gasteiger partial charge in [0.1, 0.15) is 11.5 Å². The van der Waals surface area contributed by atoms with E-state index in [1.54, 1.807) is 29.4 Å². The first-order valence-corrected chi connectivity index (χ1v) is 11.0. The molecule has 0 spiro atoms. The van der Waals surface area contributed by atoms with E-state index in [2.05, 4.69) is 16.3 Å². The molecular formula is C29H22N4O. The second-order valence-electron chi connectivity index (χ2n) is 7.66. The number of anilines is 1. The van der Waals surface area contributed by atoms with Gasteiger partial charge in [0.25, 0.3) is 0 Å². The van der Waals surface area contributed by atoms with E-state index in [9.17, 15) is 5.11 Å². The van der Waals surface area contributed by atoms with Crippen molar-refractivity contribution in [1.29, 1.82) is 0 Å². The highest BCUT2D eigenvalue weighted by molar-refractivity contribution is 6.39. The molecule has 0 aromatic heterocycles. The number of rotatable bonds is 5. The monoisotopic (exact) mass is 442 g/mol. The summed E-state index contributed by atoms with van der Waals surface area (Å²) in [5.74, 6) is 0.750. The van der Waals surface area contributed by atoms with Crippen LogP contribution in [0.3, 0.4) is 0 Å². The molecule has 5 heteroatoms. The second kappa shape index (κ2) is 9.79. The standard InChI is InChI=1S/C29H22N4O/c34-27-19-11-10-16-24(27)21-30-31-29-26(20-22-12-4-1-5-13-22)28(23-14-6-2-7-15-23)32-33(29)25-17-8-3-9-18-25/h1-21,34H. The number of aromatic hydroxyl groups is 1. The van der Waals surface area contributed by atoms with Crippen LogP contribution in [0.15, 0.2) is 136 Å². The van der Waals surface area contributed by atoms with Crippen molar-refractivity contribution in [3.05, 3.63) is 138 Å². The van der Waals surface area contributed by atoms with Crippen molar-refractivity contribution in [3.63, 3.8) is 0 Å². The number of nitrogens with zero attached hydrogens (tertiary/aromatic N) is 4. The molecule has 4 aromatic rings. The summed E-state index contributed by atoms with van der Waals surface area (Å²) in [5.41, 5.74) is 5.16. The van der Waals surface area contributed by atoms with Gasteiger partial charge in [-0.2, -0.15) is 10.2 Å². The first kappa shape index (κ1) is 21.1. The molecule has 0 amide bonds. The number of phenols is 1. The first-order valence-electron chi connectivity index (χ1n) is 11.0. The lowest BCUT2D eigenvalue weighted by atomic mass is 10.00. The quantitative estimate of drug-likeness (QED) is 0.298. The largest absolute Gasteiger partial charge is 0.507 e. The average Bonchev–Trinajstić information content (AvgIpc) is 3.25. The van der Waals surface area contributed by atoms with Gasteiger partial charge in [-0.1, -0.05) is 91.0 Å². The summed E-state index contributed by atoms with van der Waals surface area (Å²) < 4.78 is 0. The van der Waals surface area contributed by atoms with E-state index >= 15 is 0 Å². The molecule has 1 aliphatic rings. The van der Waals surface area contributed by atoms with Gasteiger partial charge in [0.05, 0.1) is 11.9 Å². The minimum Gasteiger partial charge on any atom is -0.507 e. The lowest BCUT2D eigenvalue weighted by Gasteiger charge is -2.14. The number of para-hydroxylation sites is 2. The lowest BCUT2D eigenvalue weighted by molar-refractivity contribution is 0.474. The number of hydrogen-bond acceptors (Lipinski definition) is 4. The molecule has 5 nitrogen and oxygen atoms in total. The van der Waals surface area contributed by atoms with Crippen LogP contribution < -0.4 is 5.01 Å². The molecule has 0 radical (unpaired) electrons. The van der Waals surface area contributed by atoms with Gasteiger partial charge < -0.3 is 5.11 Å². The SMILES string of the molecule is Oc1ccccc1C=NN=C1C(=Cc2ccccc2)C(c2ccccc2)=NN1c1ccccc1. The third kappa shape index (κ3) is 4.54. The molecule has 0 atom stereocenters. The molecule has 34 heavy (non-hydrogen) atoms. The lowest BCUT2D eigenvalue weighted by Crippen LogP contribution is -2.21. The summed E-state index contributed by atoms with van der Waals surface area (Å²) in [6.07, 6.45) is 3.62. The Labute approximate surface area is 198 Å². The molecule has 1 heterocycles. The Bertz CT molecular complexity index is 1390.